The molecule has 3 rings (SSSR count). The van der Waals surface area contributed by atoms with Crippen LogP contribution in [0, 0.1) is 10.1 Å². The SMILES string of the molecule is CCOc1cc(C(=O)N[C@H]2CC[NH+](Cc3ccccc3)C2)c([N+](=O)[O-])cc1OC. The van der Waals surface area contributed by atoms with Gasteiger partial charge in [-0.1, -0.05) is 30.3 Å². The van der Waals surface area contributed by atoms with E-state index in [9.17, 15) is 14.9 Å². The van der Waals surface area contributed by atoms with Crippen molar-refractivity contribution in [2.45, 2.75) is 25.9 Å². The number of hydrogen-bond donors (Lipinski definition) is 2. The van der Waals surface area contributed by atoms with Crippen LogP contribution < -0.4 is 19.7 Å². The number of hydrogen-bond acceptors (Lipinski definition) is 5. The number of rotatable bonds is 8. The number of nitro groups is 1. The second-order valence-electron chi connectivity index (χ2n) is 7.04. The van der Waals surface area contributed by atoms with Crippen molar-refractivity contribution < 1.29 is 24.1 Å². The molecule has 0 spiro atoms. The van der Waals surface area contributed by atoms with Crippen LogP contribution in [-0.2, 0) is 6.54 Å². The van der Waals surface area contributed by atoms with Crippen LogP contribution in [0.1, 0.15) is 29.3 Å². The highest BCUT2D eigenvalue weighted by atomic mass is 16.6. The van der Waals surface area contributed by atoms with Gasteiger partial charge in [-0.05, 0) is 6.92 Å². The number of carbonyl (C=O) groups is 1. The van der Waals surface area contributed by atoms with Crippen molar-refractivity contribution >= 4 is 11.6 Å². The molecule has 2 atom stereocenters. The lowest BCUT2D eigenvalue weighted by Gasteiger charge is -2.15. The Hall–Kier alpha value is -3.13. The van der Waals surface area contributed by atoms with Crippen molar-refractivity contribution in [3.05, 3.63) is 63.7 Å². The molecule has 2 N–H and O–H groups in total. The summed E-state index contributed by atoms with van der Waals surface area (Å²) in [5, 5.41) is 14.4. The molecule has 29 heavy (non-hydrogen) atoms. The molecular weight excluding hydrogens is 374 g/mol. The summed E-state index contributed by atoms with van der Waals surface area (Å²) in [6, 6.07) is 12.8. The molecule has 0 aromatic heterocycles. The van der Waals surface area contributed by atoms with Crippen molar-refractivity contribution in [3.63, 3.8) is 0 Å². The number of nitrogens with one attached hydrogen (secondary N) is 2. The number of carbonyl (C=O) groups excluding carboxylic acids is 1. The second-order valence-corrected chi connectivity index (χ2v) is 7.04. The van der Waals surface area contributed by atoms with E-state index >= 15 is 0 Å². The summed E-state index contributed by atoms with van der Waals surface area (Å²) in [6.45, 7) is 4.76. The second kappa shape index (κ2) is 9.38. The summed E-state index contributed by atoms with van der Waals surface area (Å²) in [5.41, 5.74) is 0.937. The van der Waals surface area contributed by atoms with E-state index in [1.54, 1.807) is 6.92 Å². The topological polar surface area (TPSA) is 95.1 Å². The van der Waals surface area contributed by atoms with Gasteiger partial charge in [0, 0.05) is 18.1 Å². The van der Waals surface area contributed by atoms with Gasteiger partial charge >= 0.3 is 0 Å². The first-order valence-corrected chi connectivity index (χ1v) is 9.69. The Kier molecular flexibility index (Phi) is 6.66. The predicted octanol–water partition coefficient (Wildman–Crippen LogP) is 1.59. The fourth-order valence-corrected chi connectivity index (χ4v) is 3.67. The molecule has 2 aromatic rings. The number of amides is 1. The van der Waals surface area contributed by atoms with E-state index in [-0.39, 0.29) is 23.0 Å². The Balaban J connectivity index is 1.71. The van der Waals surface area contributed by atoms with Crippen LogP contribution in [0.15, 0.2) is 42.5 Å². The van der Waals surface area contributed by atoms with Crippen LogP contribution in [-0.4, -0.2) is 43.7 Å². The molecule has 1 amide bonds. The van der Waals surface area contributed by atoms with Crippen LogP contribution in [0.4, 0.5) is 5.69 Å². The molecule has 1 unspecified atom stereocenters. The molecule has 1 saturated heterocycles. The third-order valence-electron chi connectivity index (χ3n) is 5.04. The molecule has 154 valence electrons. The highest BCUT2D eigenvalue weighted by molar-refractivity contribution is 5.99. The summed E-state index contributed by atoms with van der Waals surface area (Å²) in [4.78, 5) is 25.1. The van der Waals surface area contributed by atoms with Gasteiger partial charge in [0.25, 0.3) is 11.6 Å². The van der Waals surface area contributed by atoms with Crippen LogP contribution in [0.5, 0.6) is 11.5 Å². The van der Waals surface area contributed by atoms with Gasteiger partial charge in [0.2, 0.25) is 0 Å². The van der Waals surface area contributed by atoms with Crippen molar-refractivity contribution in [1.29, 1.82) is 0 Å². The molecule has 8 heteroatoms. The van der Waals surface area contributed by atoms with Gasteiger partial charge in [-0.3, -0.25) is 14.9 Å². The number of methoxy groups -OCH3 is 1. The highest BCUT2D eigenvalue weighted by Gasteiger charge is 2.31. The minimum Gasteiger partial charge on any atom is -0.493 e. The maximum atomic E-state index is 12.8. The zero-order valence-corrected chi connectivity index (χ0v) is 16.6. The van der Waals surface area contributed by atoms with Gasteiger partial charge in [0.15, 0.2) is 11.5 Å². The number of likely N-dealkylation sites (tertiary alicyclic amines) is 1. The van der Waals surface area contributed by atoms with E-state index in [1.165, 1.54) is 29.7 Å². The quantitative estimate of drug-likeness (QED) is 0.518. The van der Waals surface area contributed by atoms with Crippen molar-refractivity contribution in [1.82, 2.24) is 5.32 Å². The molecule has 8 nitrogen and oxygen atoms in total. The smallest absolute Gasteiger partial charge is 0.286 e. The standard InChI is InChI=1S/C21H25N3O5/c1-3-29-20-11-17(18(24(26)27)12-19(20)28-2)21(25)22-16-9-10-23(14-16)13-15-7-5-4-6-8-15/h4-8,11-12,16H,3,9-10,13-14H2,1-2H3,(H,22,25)/p+1/t16-/m0/s1. The van der Waals surface area contributed by atoms with Crippen molar-refractivity contribution in [3.8, 4) is 11.5 Å². The van der Waals surface area contributed by atoms with Gasteiger partial charge in [0.05, 0.1) is 43.8 Å². The third kappa shape index (κ3) is 5.03. The molecular formula is C21H26N3O5+. The maximum absolute atomic E-state index is 12.8. The Morgan fingerprint density at radius 1 is 1.28 bits per heavy atom. The van der Waals surface area contributed by atoms with Crippen LogP contribution in [0.2, 0.25) is 0 Å². The van der Waals surface area contributed by atoms with E-state index in [4.69, 9.17) is 9.47 Å². The van der Waals surface area contributed by atoms with E-state index in [0.717, 1.165) is 26.1 Å². The molecule has 1 heterocycles. The van der Waals surface area contributed by atoms with Gasteiger partial charge in [-0.25, -0.2) is 0 Å². The summed E-state index contributed by atoms with van der Waals surface area (Å²) in [7, 11) is 1.41. The van der Waals surface area contributed by atoms with Crippen LogP contribution in [0.3, 0.4) is 0 Å². The monoisotopic (exact) mass is 400 g/mol. The minimum absolute atomic E-state index is 0.0178. The fourth-order valence-electron chi connectivity index (χ4n) is 3.67. The Bertz CT molecular complexity index is 872. The summed E-state index contributed by atoms with van der Waals surface area (Å²) >= 11 is 0. The molecule has 0 bridgehead atoms. The molecule has 1 aliphatic heterocycles. The maximum Gasteiger partial charge on any atom is 0.286 e. The summed E-state index contributed by atoms with van der Waals surface area (Å²) in [6.07, 6.45) is 0.830. The summed E-state index contributed by atoms with van der Waals surface area (Å²) in [5.74, 6) is 0.0780. The lowest BCUT2D eigenvalue weighted by molar-refractivity contribution is -0.901. The Labute approximate surface area is 169 Å². The average Bonchev–Trinajstić information content (AvgIpc) is 3.15. The highest BCUT2D eigenvalue weighted by Crippen LogP contribution is 2.34. The number of ether oxygens (including phenoxy) is 2. The lowest BCUT2D eigenvalue weighted by atomic mass is 10.1. The molecule has 1 fully saturated rings. The summed E-state index contributed by atoms with van der Waals surface area (Å²) < 4.78 is 10.6. The molecule has 2 aromatic carbocycles. The van der Waals surface area contributed by atoms with Gasteiger partial charge in [-0.2, -0.15) is 0 Å². The first kappa shape index (κ1) is 20.6. The number of benzene rings is 2. The first-order chi connectivity index (χ1) is 14.0. The van der Waals surface area contributed by atoms with Crippen LogP contribution in [0.25, 0.3) is 0 Å². The lowest BCUT2D eigenvalue weighted by Crippen LogP contribution is -3.09. The first-order valence-electron chi connectivity index (χ1n) is 9.69. The minimum atomic E-state index is -0.575. The van der Waals surface area contributed by atoms with Gasteiger partial charge < -0.3 is 19.7 Å². The van der Waals surface area contributed by atoms with Crippen molar-refractivity contribution in [2.75, 3.05) is 26.8 Å². The molecule has 0 saturated carbocycles. The average molecular weight is 400 g/mol. The molecule has 0 aliphatic carbocycles. The van der Waals surface area contributed by atoms with Gasteiger partial charge in [0.1, 0.15) is 12.1 Å². The number of nitro benzene ring substituents is 1. The number of quaternary nitrogens is 1. The van der Waals surface area contributed by atoms with Gasteiger partial charge in [-0.15, -0.1) is 0 Å². The number of nitrogens with zero attached hydrogens (tertiary/aromatic N) is 1. The zero-order valence-electron chi connectivity index (χ0n) is 16.6. The third-order valence-corrected chi connectivity index (χ3v) is 5.04. The largest absolute Gasteiger partial charge is 0.493 e. The molecule has 0 radical (unpaired) electrons. The normalized spacial score (nSPS) is 18.3. The van der Waals surface area contributed by atoms with E-state index < -0.39 is 10.8 Å². The zero-order chi connectivity index (χ0) is 20.8. The van der Waals surface area contributed by atoms with E-state index in [0.29, 0.717) is 12.4 Å². The Morgan fingerprint density at radius 2 is 2.03 bits per heavy atom. The van der Waals surface area contributed by atoms with Crippen LogP contribution >= 0.6 is 0 Å². The van der Waals surface area contributed by atoms with E-state index in [2.05, 4.69) is 17.4 Å². The Morgan fingerprint density at radius 3 is 2.69 bits per heavy atom. The van der Waals surface area contributed by atoms with E-state index in [1.807, 2.05) is 18.2 Å². The predicted molar refractivity (Wildman–Crippen MR) is 108 cm³/mol. The van der Waals surface area contributed by atoms with Crippen molar-refractivity contribution in [2.24, 2.45) is 0 Å². The fraction of sp³-hybridized carbons (Fsp3) is 0.381. The molecule has 1 aliphatic rings.